The molecule has 0 aliphatic carbocycles. The summed E-state index contributed by atoms with van der Waals surface area (Å²) in [6.45, 7) is 1.97. The van der Waals surface area contributed by atoms with Gasteiger partial charge in [0.25, 0.3) is 0 Å². The number of nitrogens with zero attached hydrogens (tertiary/aromatic N) is 2. The number of anilines is 1. The third kappa shape index (κ3) is 1.50. The van der Waals surface area contributed by atoms with Crippen LogP contribution in [-0.4, -0.2) is 23.5 Å². The van der Waals surface area contributed by atoms with E-state index in [1.807, 2.05) is 0 Å². The summed E-state index contributed by atoms with van der Waals surface area (Å²) in [6, 6.07) is 8.69. The van der Waals surface area contributed by atoms with Gasteiger partial charge in [-0.1, -0.05) is 12.1 Å². The molecule has 1 aliphatic rings. The van der Waals surface area contributed by atoms with Gasteiger partial charge in [-0.25, -0.2) is 0 Å². The molecule has 3 nitrogen and oxygen atoms in total. The molecule has 1 fully saturated rings. The summed E-state index contributed by atoms with van der Waals surface area (Å²) < 4.78 is 5.78. The smallest absolute Gasteiger partial charge is 0.150 e. The summed E-state index contributed by atoms with van der Waals surface area (Å²) in [5, 5.41) is 1.26. The van der Waals surface area contributed by atoms with Crippen molar-refractivity contribution >= 4 is 27.4 Å². The van der Waals surface area contributed by atoms with Gasteiger partial charge in [-0.15, -0.1) is 0 Å². The van der Waals surface area contributed by atoms with Gasteiger partial charge < -0.3 is 10.6 Å². The second-order valence-electron chi connectivity index (χ2n) is 4.00. The summed E-state index contributed by atoms with van der Waals surface area (Å²) in [5.74, 6) is 1.11. The Labute approximate surface area is 92.7 Å². The lowest BCUT2D eigenvalue weighted by Gasteiger charge is -2.14. The molecule has 1 atom stereocenters. The first-order valence-electron chi connectivity index (χ1n) is 5.19. The third-order valence-electron chi connectivity index (χ3n) is 2.88. The Balaban J connectivity index is 2.04. The zero-order chi connectivity index (χ0) is 10.3. The Kier molecular flexibility index (Phi) is 2.11. The van der Waals surface area contributed by atoms with Crippen molar-refractivity contribution in [3.63, 3.8) is 0 Å². The van der Waals surface area contributed by atoms with Crippen molar-refractivity contribution in [3.8, 4) is 0 Å². The van der Waals surface area contributed by atoms with Crippen LogP contribution >= 0.6 is 11.5 Å². The Morgan fingerprint density at radius 1 is 1.40 bits per heavy atom. The molecule has 1 unspecified atom stereocenters. The van der Waals surface area contributed by atoms with E-state index in [1.54, 1.807) is 11.5 Å². The van der Waals surface area contributed by atoms with Crippen molar-refractivity contribution in [2.45, 2.75) is 12.5 Å². The van der Waals surface area contributed by atoms with Gasteiger partial charge in [-0.3, -0.25) is 0 Å². The summed E-state index contributed by atoms with van der Waals surface area (Å²) in [5.41, 5.74) is 5.91. The highest BCUT2D eigenvalue weighted by atomic mass is 32.1. The molecule has 2 N–H and O–H groups in total. The summed E-state index contributed by atoms with van der Waals surface area (Å²) >= 11 is 1.57. The largest absolute Gasteiger partial charge is 0.354 e. The molecule has 15 heavy (non-hydrogen) atoms. The molecule has 78 valence electrons. The maximum atomic E-state index is 5.91. The predicted molar refractivity (Wildman–Crippen MR) is 64.4 cm³/mol. The fraction of sp³-hybridized carbons (Fsp3) is 0.364. The van der Waals surface area contributed by atoms with Crippen LogP contribution in [-0.2, 0) is 0 Å². The van der Waals surface area contributed by atoms with Gasteiger partial charge in [0.15, 0.2) is 0 Å². The highest BCUT2D eigenvalue weighted by Crippen LogP contribution is 2.30. The fourth-order valence-corrected chi connectivity index (χ4v) is 2.88. The molecule has 0 radical (unpaired) electrons. The van der Waals surface area contributed by atoms with Crippen LogP contribution in [0.15, 0.2) is 24.3 Å². The third-order valence-corrected chi connectivity index (χ3v) is 3.70. The van der Waals surface area contributed by atoms with E-state index < -0.39 is 0 Å². The molecule has 2 aromatic rings. The molecular weight excluding hydrogens is 206 g/mol. The Morgan fingerprint density at radius 3 is 3.07 bits per heavy atom. The van der Waals surface area contributed by atoms with E-state index >= 15 is 0 Å². The average Bonchev–Trinajstić information content (AvgIpc) is 2.83. The number of rotatable bonds is 1. The highest BCUT2D eigenvalue weighted by molar-refractivity contribution is 7.13. The van der Waals surface area contributed by atoms with Crippen molar-refractivity contribution in [1.29, 1.82) is 0 Å². The van der Waals surface area contributed by atoms with Crippen LogP contribution in [0, 0.1) is 0 Å². The zero-order valence-electron chi connectivity index (χ0n) is 8.39. The van der Waals surface area contributed by atoms with Crippen LogP contribution in [0.1, 0.15) is 6.42 Å². The Bertz CT molecular complexity index is 479. The van der Waals surface area contributed by atoms with Crippen LogP contribution in [0.5, 0.6) is 0 Å². The number of hydrogen-bond donors (Lipinski definition) is 1. The second-order valence-corrected chi connectivity index (χ2v) is 4.80. The van der Waals surface area contributed by atoms with E-state index in [-0.39, 0.29) is 0 Å². The maximum Gasteiger partial charge on any atom is 0.150 e. The first-order valence-corrected chi connectivity index (χ1v) is 5.97. The Hall–Kier alpha value is -1.13. The molecule has 0 saturated carbocycles. The lowest BCUT2D eigenvalue weighted by Crippen LogP contribution is -2.26. The minimum Gasteiger partial charge on any atom is -0.354 e. The van der Waals surface area contributed by atoms with Gasteiger partial charge in [-0.05, 0) is 30.1 Å². The van der Waals surface area contributed by atoms with Gasteiger partial charge in [0.05, 0.1) is 4.70 Å². The molecule has 0 amide bonds. The quantitative estimate of drug-likeness (QED) is 0.795. The van der Waals surface area contributed by atoms with Crippen molar-refractivity contribution in [2.75, 3.05) is 18.0 Å². The molecule has 1 aromatic heterocycles. The van der Waals surface area contributed by atoms with Crippen LogP contribution in [0.2, 0.25) is 0 Å². The number of benzene rings is 1. The lowest BCUT2D eigenvalue weighted by atomic mass is 10.2. The van der Waals surface area contributed by atoms with Gasteiger partial charge in [0, 0.05) is 24.5 Å². The molecule has 2 heterocycles. The maximum absolute atomic E-state index is 5.91. The van der Waals surface area contributed by atoms with Crippen LogP contribution in [0.3, 0.4) is 0 Å². The minimum absolute atomic E-state index is 0.311. The first-order chi connectivity index (χ1) is 7.34. The summed E-state index contributed by atoms with van der Waals surface area (Å²) in [7, 11) is 0. The molecule has 4 heteroatoms. The highest BCUT2D eigenvalue weighted by Gasteiger charge is 2.22. The van der Waals surface area contributed by atoms with Gasteiger partial charge in [0.1, 0.15) is 5.82 Å². The fourth-order valence-electron chi connectivity index (χ4n) is 2.08. The van der Waals surface area contributed by atoms with E-state index in [2.05, 4.69) is 33.5 Å². The number of fused-ring (bicyclic) bond motifs is 1. The van der Waals surface area contributed by atoms with Crippen LogP contribution in [0.4, 0.5) is 5.82 Å². The molecule has 0 spiro atoms. The van der Waals surface area contributed by atoms with Crippen molar-refractivity contribution in [3.05, 3.63) is 24.3 Å². The van der Waals surface area contributed by atoms with Gasteiger partial charge in [-0.2, -0.15) is 4.37 Å². The van der Waals surface area contributed by atoms with Crippen LogP contribution < -0.4 is 10.6 Å². The number of aromatic nitrogens is 1. The Morgan fingerprint density at radius 2 is 2.27 bits per heavy atom. The van der Waals surface area contributed by atoms with Crippen molar-refractivity contribution in [2.24, 2.45) is 5.73 Å². The van der Waals surface area contributed by atoms with E-state index in [0.717, 1.165) is 25.3 Å². The normalized spacial score (nSPS) is 21.4. The van der Waals surface area contributed by atoms with E-state index in [4.69, 9.17) is 5.73 Å². The first kappa shape index (κ1) is 9.12. The van der Waals surface area contributed by atoms with E-state index in [0.29, 0.717) is 6.04 Å². The van der Waals surface area contributed by atoms with Crippen LogP contribution in [0.25, 0.3) is 10.1 Å². The average molecular weight is 219 g/mol. The predicted octanol–water partition coefficient (Wildman–Crippen LogP) is 1.83. The number of nitrogens with two attached hydrogens (primary N) is 1. The molecule has 0 bridgehead atoms. The molecule has 1 saturated heterocycles. The zero-order valence-corrected chi connectivity index (χ0v) is 9.20. The second kappa shape index (κ2) is 3.47. The lowest BCUT2D eigenvalue weighted by molar-refractivity contribution is 0.752. The summed E-state index contributed by atoms with van der Waals surface area (Å²) in [6.07, 6.45) is 1.08. The number of hydrogen-bond acceptors (Lipinski definition) is 4. The monoisotopic (exact) mass is 219 g/mol. The molecule has 1 aliphatic heterocycles. The van der Waals surface area contributed by atoms with Crippen molar-refractivity contribution < 1.29 is 0 Å². The molecule has 3 rings (SSSR count). The van der Waals surface area contributed by atoms with Gasteiger partial charge >= 0.3 is 0 Å². The van der Waals surface area contributed by atoms with E-state index in [9.17, 15) is 0 Å². The summed E-state index contributed by atoms with van der Waals surface area (Å²) in [4.78, 5) is 2.30. The topological polar surface area (TPSA) is 42.1 Å². The van der Waals surface area contributed by atoms with Crippen molar-refractivity contribution in [1.82, 2.24) is 4.37 Å². The molecular formula is C11H13N3S. The SMILES string of the molecule is NC1CCN(c2nsc3ccccc23)C1. The van der Waals surface area contributed by atoms with Gasteiger partial charge in [0.2, 0.25) is 0 Å². The minimum atomic E-state index is 0.311. The van der Waals surface area contributed by atoms with E-state index in [1.165, 1.54) is 10.1 Å². The standard InChI is InChI=1S/C11H13N3S/c12-8-5-6-14(7-8)11-9-3-1-2-4-10(9)15-13-11/h1-4,8H,5-7,12H2. The molecule has 1 aromatic carbocycles.